The second-order valence-corrected chi connectivity index (χ2v) is 5.54. The maximum Gasteiger partial charge on any atom is 0.289 e. The van der Waals surface area contributed by atoms with Crippen molar-refractivity contribution < 1.29 is 14.4 Å². The Morgan fingerprint density at radius 1 is 1.41 bits per heavy atom. The van der Waals surface area contributed by atoms with E-state index in [0.29, 0.717) is 24.6 Å². The Morgan fingerprint density at radius 3 is 2.68 bits per heavy atom. The number of anilines is 1. The van der Waals surface area contributed by atoms with Crippen molar-refractivity contribution in [2.24, 2.45) is 11.7 Å². The minimum Gasteiger partial charge on any atom is -0.349 e. The van der Waals surface area contributed by atoms with E-state index in [1.807, 2.05) is 6.07 Å². The Bertz CT molecular complexity index is 570. The van der Waals surface area contributed by atoms with Gasteiger partial charge in [-0.05, 0) is 37.3 Å². The molecule has 1 aliphatic carbocycles. The number of rotatable bonds is 8. The first-order valence-electron chi connectivity index (χ1n) is 7.42. The van der Waals surface area contributed by atoms with Crippen LogP contribution in [0.5, 0.6) is 0 Å². The predicted octanol–water partition coefficient (Wildman–Crippen LogP) is 0.592. The third-order valence-corrected chi connectivity index (χ3v) is 3.87. The zero-order chi connectivity index (χ0) is 16.1. The molecule has 0 bridgehead atoms. The molecule has 0 spiro atoms. The van der Waals surface area contributed by atoms with Crippen LogP contribution in [0.25, 0.3) is 0 Å². The number of ketones is 1. The first-order valence-corrected chi connectivity index (χ1v) is 7.42. The molecule has 22 heavy (non-hydrogen) atoms. The van der Waals surface area contributed by atoms with Gasteiger partial charge in [0.05, 0.1) is 0 Å². The van der Waals surface area contributed by atoms with Crippen LogP contribution >= 0.6 is 0 Å². The lowest BCUT2D eigenvalue weighted by Gasteiger charge is -2.25. The van der Waals surface area contributed by atoms with E-state index in [-0.39, 0.29) is 6.54 Å². The lowest BCUT2D eigenvalue weighted by Crippen LogP contribution is -2.46. The fourth-order valence-electron chi connectivity index (χ4n) is 2.25. The highest BCUT2D eigenvalue weighted by molar-refractivity contribution is 6.39. The fourth-order valence-corrected chi connectivity index (χ4v) is 2.25. The number of nitrogens with zero attached hydrogens (tertiary/aromatic N) is 1. The summed E-state index contributed by atoms with van der Waals surface area (Å²) in [4.78, 5) is 36.8. The van der Waals surface area contributed by atoms with Crippen molar-refractivity contribution in [1.29, 1.82) is 0 Å². The molecular weight excluding hydrogens is 282 g/mol. The Balaban J connectivity index is 2.09. The van der Waals surface area contributed by atoms with Gasteiger partial charge in [-0.25, -0.2) is 0 Å². The number of hydrogen-bond donors (Lipinski definition) is 2. The molecule has 1 aromatic carbocycles. The molecule has 1 atom stereocenters. The van der Waals surface area contributed by atoms with Crippen LogP contribution in [0.3, 0.4) is 0 Å². The van der Waals surface area contributed by atoms with E-state index in [1.165, 1.54) is 4.90 Å². The lowest BCUT2D eigenvalue weighted by atomic mass is 10.1. The molecule has 0 heterocycles. The molecule has 1 aliphatic rings. The maximum atomic E-state index is 12.2. The summed E-state index contributed by atoms with van der Waals surface area (Å²) in [5, 5.41) is 2.63. The summed E-state index contributed by atoms with van der Waals surface area (Å²) in [6.45, 7) is 2.31. The highest BCUT2D eigenvalue weighted by Crippen LogP contribution is 2.27. The highest BCUT2D eigenvalue weighted by atomic mass is 16.2. The van der Waals surface area contributed by atoms with Crippen molar-refractivity contribution in [3.8, 4) is 0 Å². The number of carbonyl (C=O) groups is 3. The van der Waals surface area contributed by atoms with E-state index in [0.717, 1.165) is 18.4 Å². The normalized spacial score (nSPS) is 15.0. The van der Waals surface area contributed by atoms with Gasteiger partial charge in [0.25, 0.3) is 5.91 Å². The second-order valence-electron chi connectivity index (χ2n) is 5.54. The van der Waals surface area contributed by atoms with Gasteiger partial charge < -0.3 is 16.0 Å². The molecule has 3 N–H and O–H groups in total. The number of amides is 2. The minimum atomic E-state index is -0.871. The average molecular weight is 303 g/mol. The minimum absolute atomic E-state index is 0.245. The summed E-state index contributed by atoms with van der Waals surface area (Å²) in [5.74, 6) is -0.775. The molecule has 1 unspecified atom stereocenters. The van der Waals surface area contributed by atoms with E-state index in [2.05, 4.69) is 5.32 Å². The number of benzene rings is 1. The molecule has 118 valence electrons. The summed E-state index contributed by atoms with van der Waals surface area (Å²) in [7, 11) is 0. The van der Waals surface area contributed by atoms with Crippen molar-refractivity contribution in [2.45, 2.75) is 32.4 Å². The van der Waals surface area contributed by atoms with Gasteiger partial charge in [-0.15, -0.1) is 0 Å². The van der Waals surface area contributed by atoms with Gasteiger partial charge in [-0.2, -0.15) is 0 Å². The van der Waals surface area contributed by atoms with Crippen LogP contribution in [-0.2, 0) is 20.9 Å². The fraction of sp³-hybridized carbons (Fsp3) is 0.438. The topological polar surface area (TPSA) is 92.5 Å². The van der Waals surface area contributed by atoms with Gasteiger partial charge in [0.1, 0.15) is 6.04 Å². The first kappa shape index (κ1) is 16.2. The predicted molar refractivity (Wildman–Crippen MR) is 83.1 cm³/mol. The zero-order valence-electron chi connectivity index (χ0n) is 12.6. The quantitative estimate of drug-likeness (QED) is 0.543. The zero-order valence-corrected chi connectivity index (χ0v) is 12.6. The molecule has 0 aliphatic heterocycles. The second kappa shape index (κ2) is 7.17. The van der Waals surface area contributed by atoms with Crippen molar-refractivity contribution >= 4 is 23.8 Å². The van der Waals surface area contributed by atoms with Crippen molar-refractivity contribution in [3.63, 3.8) is 0 Å². The molecule has 1 fully saturated rings. The van der Waals surface area contributed by atoms with Gasteiger partial charge in [0.15, 0.2) is 0 Å². The molecule has 2 rings (SSSR count). The standard InChI is InChI=1S/C16H21N3O3/c1-11(15(21)16(22)18-9-12-6-7-12)19(10-20)14-5-3-2-4-13(14)8-17/h2-5,10-12H,6-9,17H2,1H3,(H,18,22). The van der Waals surface area contributed by atoms with Crippen LogP contribution in [0, 0.1) is 5.92 Å². The molecule has 0 saturated heterocycles. The molecule has 2 amide bonds. The van der Waals surface area contributed by atoms with E-state index < -0.39 is 17.7 Å². The monoisotopic (exact) mass is 303 g/mol. The van der Waals surface area contributed by atoms with Gasteiger partial charge in [-0.1, -0.05) is 18.2 Å². The third kappa shape index (κ3) is 3.71. The van der Waals surface area contributed by atoms with Crippen LogP contribution in [0.15, 0.2) is 24.3 Å². The van der Waals surface area contributed by atoms with Gasteiger partial charge in [0, 0.05) is 18.8 Å². The molecule has 0 radical (unpaired) electrons. The Kier molecular flexibility index (Phi) is 5.27. The SMILES string of the molecule is CC(C(=O)C(=O)NCC1CC1)N(C=O)c1ccccc1CN. The van der Waals surface area contributed by atoms with Crippen LogP contribution in [0.4, 0.5) is 5.69 Å². The number of hydrogen-bond acceptors (Lipinski definition) is 4. The summed E-state index contributed by atoms with van der Waals surface area (Å²) in [6.07, 6.45) is 2.74. The van der Waals surface area contributed by atoms with E-state index in [1.54, 1.807) is 25.1 Å². The van der Waals surface area contributed by atoms with Gasteiger partial charge >= 0.3 is 0 Å². The largest absolute Gasteiger partial charge is 0.349 e. The van der Waals surface area contributed by atoms with Crippen molar-refractivity contribution in [3.05, 3.63) is 29.8 Å². The summed E-state index contributed by atoms with van der Waals surface area (Å²) in [5.41, 5.74) is 6.96. The summed E-state index contributed by atoms with van der Waals surface area (Å²) >= 11 is 0. The van der Waals surface area contributed by atoms with E-state index >= 15 is 0 Å². The summed E-state index contributed by atoms with van der Waals surface area (Å²) in [6, 6.07) is 6.20. The molecule has 6 nitrogen and oxygen atoms in total. The van der Waals surface area contributed by atoms with Crippen LogP contribution < -0.4 is 16.0 Å². The van der Waals surface area contributed by atoms with Crippen LogP contribution in [0.1, 0.15) is 25.3 Å². The number of Topliss-reactive ketones (excluding diaryl/α,β-unsaturated/α-hetero) is 1. The van der Waals surface area contributed by atoms with Crippen molar-refractivity contribution in [2.75, 3.05) is 11.4 Å². The van der Waals surface area contributed by atoms with Crippen LogP contribution in [0.2, 0.25) is 0 Å². The molecule has 0 aromatic heterocycles. The van der Waals surface area contributed by atoms with Gasteiger partial charge in [0.2, 0.25) is 12.2 Å². The van der Waals surface area contributed by atoms with E-state index in [9.17, 15) is 14.4 Å². The number of nitrogens with two attached hydrogens (primary N) is 1. The molecule has 1 saturated carbocycles. The Morgan fingerprint density at radius 2 is 2.09 bits per heavy atom. The third-order valence-electron chi connectivity index (χ3n) is 3.87. The van der Waals surface area contributed by atoms with E-state index in [4.69, 9.17) is 5.73 Å². The molecule has 6 heteroatoms. The van der Waals surface area contributed by atoms with Gasteiger partial charge in [-0.3, -0.25) is 14.4 Å². The number of nitrogens with one attached hydrogen (secondary N) is 1. The van der Waals surface area contributed by atoms with Crippen LogP contribution in [-0.4, -0.2) is 30.7 Å². The van der Waals surface area contributed by atoms with Crippen molar-refractivity contribution in [1.82, 2.24) is 5.32 Å². The number of carbonyl (C=O) groups excluding carboxylic acids is 3. The lowest BCUT2D eigenvalue weighted by molar-refractivity contribution is -0.138. The Labute approximate surface area is 129 Å². The maximum absolute atomic E-state index is 12.2. The smallest absolute Gasteiger partial charge is 0.289 e. The first-order chi connectivity index (χ1) is 10.6. The molecule has 1 aromatic rings. The summed E-state index contributed by atoms with van der Waals surface area (Å²) < 4.78 is 0. The average Bonchev–Trinajstić information content (AvgIpc) is 3.37. The number of para-hydroxylation sites is 1. The molecular formula is C16H21N3O3. The highest BCUT2D eigenvalue weighted by Gasteiger charge is 2.29. The Hall–Kier alpha value is -2.21.